The Morgan fingerprint density at radius 2 is 1.38 bits per heavy atom. The summed E-state index contributed by atoms with van der Waals surface area (Å²) in [5.41, 5.74) is 0. The number of hydrogen-bond donors (Lipinski definition) is 0. The molecule has 0 aliphatic carbocycles. The molecule has 0 unspecified atom stereocenters. The Balaban J connectivity index is -0.000000220. The summed E-state index contributed by atoms with van der Waals surface area (Å²) in [5.74, 6) is 0. The molecule has 0 spiro atoms. The maximum atomic E-state index is 7.32. The Bertz CT molecular complexity index is 119. The first kappa shape index (κ1) is 18.2. The summed E-state index contributed by atoms with van der Waals surface area (Å²) in [4.78, 5) is 2.46. The van der Waals surface area contributed by atoms with Crippen LogP contribution in [-0.4, -0.2) is 29.0 Å². The SMILES string of the molecule is CC#N.CCN(C(C)C)C(C)C.O. The molecule has 3 heteroatoms. The minimum Gasteiger partial charge on any atom is -0.412 e. The number of nitrogens with zero attached hydrogens (tertiary/aromatic N) is 2. The second-order valence-electron chi connectivity index (χ2n) is 3.24. The van der Waals surface area contributed by atoms with Crippen molar-refractivity contribution >= 4 is 0 Å². The van der Waals surface area contributed by atoms with Crippen molar-refractivity contribution in [1.82, 2.24) is 4.90 Å². The van der Waals surface area contributed by atoms with Crippen LogP contribution < -0.4 is 0 Å². The molecule has 0 saturated heterocycles. The van der Waals surface area contributed by atoms with Crippen LogP contribution in [0.4, 0.5) is 0 Å². The van der Waals surface area contributed by atoms with Crippen molar-refractivity contribution in [1.29, 1.82) is 5.26 Å². The zero-order valence-corrected chi connectivity index (χ0v) is 9.76. The van der Waals surface area contributed by atoms with Gasteiger partial charge in [0.1, 0.15) is 0 Å². The fourth-order valence-electron chi connectivity index (χ4n) is 1.33. The minimum absolute atomic E-state index is 0. The van der Waals surface area contributed by atoms with Crippen LogP contribution in [0.25, 0.3) is 0 Å². The molecule has 0 aromatic rings. The highest BCUT2D eigenvalue weighted by Gasteiger charge is 2.08. The van der Waals surface area contributed by atoms with Gasteiger partial charge in [-0.3, -0.25) is 4.90 Å². The van der Waals surface area contributed by atoms with E-state index in [4.69, 9.17) is 5.26 Å². The number of rotatable bonds is 3. The highest BCUT2D eigenvalue weighted by Crippen LogP contribution is 2.02. The van der Waals surface area contributed by atoms with Gasteiger partial charge in [0.25, 0.3) is 0 Å². The van der Waals surface area contributed by atoms with Gasteiger partial charge in [-0.2, -0.15) is 5.26 Å². The zero-order valence-electron chi connectivity index (χ0n) is 9.76. The van der Waals surface area contributed by atoms with E-state index in [1.807, 2.05) is 0 Å². The van der Waals surface area contributed by atoms with Gasteiger partial charge in [0.2, 0.25) is 0 Å². The van der Waals surface area contributed by atoms with E-state index in [0.717, 1.165) is 6.54 Å². The molecule has 0 amide bonds. The minimum atomic E-state index is 0. The molecule has 0 aromatic heterocycles. The van der Waals surface area contributed by atoms with E-state index in [-0.39, 0.29) is 5.48 Å². The molecule has 0 fully saturated rings. The van der Waals surface area contributed by atoms with E-state index >= 15 is 0 Å². The van der Waals surface area contributed by atoms with E-state index in [2.05, 4.69) is 39.5 Å². The molecule has 0 aromatic carbocycles. The van der Waals surface area contributed by atoms with Crippen molar-refractivity contribution in [3.05, 3.63) is 0 Å². The van der Waals surface area contributed by atoms with Crippen molar-refractivity contribution in [3.63, 3.8) is 0 Å². The molecular formula is C10H24N2O. The lowest BCUT2D eigenvalue weighted by Crippen LogP contribution is -2.36. The van der Waals surface area contributed by atoms with Crippen LogP contribution in [0.2, 0.25) is 0 Å². The Morgan fingerprint density at radius 3 is 1.38 bits per heavy atom. The fourth-order valence-corrected chi connectivity index (χ4v) is 1.33. The van der Waals surface area contributed by atoms with Crippen LogP contribution in [0.3, 0.4) is 0 Å². The predicted octanol–water partition coefficient (Wildman–Crippen LogP) is 1.83. The van der Waals surface area contributed by atoms with E-state index in [9.17, 15) is 0 Å². The Hall–Kier alpha value is -0.590. The lowest BCUT2D eigenvalue weighted by molar-refractivity contribution is 0.185. The largest absolute Gasteiger partial charge is 0.412 e. The highest BCUT2D eigenvalue weighted by atomic mass is 16.0. The summed E-state index contributed by atoms with van der Waals surface area (Å²) in [6.07, 6.45) is 0. The molecule has 0 saturated carbocycles. The standard InChI is InChI=1S/C8H19N.C2H3N.H2O/c1-6-9(7(2)3)8(4)5;1-2-3;/h7-8H,6H2,1-5H3;1H3;1H2. The molecule has 3 nitrogen and oxygen atoms in total. The van der Waals surface area contributed by atoms with Crippen molar-refractivity contribution in [2.75, 3.05) is 6.54 Å². The summed E-state index contributed by atoms with van der Waals surface area (Å²) in [6, 6.07) is 3.13. The lowest BCUT2D eigenvalue weighted by Gasteiger charge is -2.28. The van der Waals surface area contributed by atoms with Crippen molar-refractivity contribution in [3.8, 4) is 6.07 Å². The molecule has 0 radical (unpaired) electrons. The molecule has 0 bridgehead atoms. The Morgan fingerprint density at radius 1 is 1.15 bits per heavy atom. The van der Waals surface area contributed by atoms with Crippen molar-refractivity contribution in [2.45, 2.75) is 53.6 Å². The molecule has 0 aliphatic rings. The molecule has 80 valence electrons. The topological polar surface area (TPSA) is 58.5 Å². The lowest BCUT2D eigenvalue weighted by atomic mass is 10.2. The third kappa shape index (κ3) is 11.4. The third-order valence-electron chi connectivity index (χ3n) is 1.69. The van der Waals surface area contributed by atoms with Crippen LogP contribution in [0, 0.1) is 11.3 Å². The summed E-state index contributed by atoms with van der Waals surface area (Å²) in [7, 11) is 0. The van der Waals surface area contributed by atoms with E-state index in [1.54, 1.807) is 6.07 Å². The smallest absolute Gasteiger partial charge is 0.0587 e. The average Bonchev–Trinajstić information content (AvgIpc) is 1.88. The van der Waals surface area contributed by atoms with Gasteiger partial charge >= 0.3 is 0 Å². The summed E-state index contributed by atoms with van der Waals surface area (Å²) < 4.78 is 0. The maximum Gasteiger partial charge on any atom is 0.0587 e. The normalized spacial score (nSPS) is 8.92. The number of hydrogen-bond acceptors (Lipinski definition) is 2. The van der Waals surface area contributed by atoms with Gasteiger partial charge in [0.05, 0.1) is 6.07 Å². The quantitative estimate of drug-likeness (QED) is 0.678. The maximum absolute atomic E-state index is 7.32. The monoisotopic (exact) mass is 188 g/mol. The second-order valence-corrected chi connectivity index (χ2v) is 3.24. The predicted molar refractivity (Wildman–Crippen MR) is 57.6 cm³/mol. The second kappa shape index (κ2) is 11.4. The van der Waals surface area contributed by atoms with Crippen LogP contribution in [0.1, 0.15) is 41.5 Å². The molecule has 0 rings (SSSR count). The average molecular weight is 188 g/mol. The van der Waals surface area contributed by atoms with E-state index < -0.39 is 0 Å². The molecule has 0 heterocycles. The Kier molecular flexibility index (Phi) is 16.0. The fraction of sp³-hybridized carbons (Fsp3) is 0.900. The highest BCUT2D eigenvalue weighted by molar-refractivity contribution is 4.64. The number of nitriles is 1. The first-order valence-corrected chi connectivity index (χ1v) is 4.57. The van der Waals surface area contributed by atoms with Crippen LogP contribution in [0.15, 0.2) is 0 Å². The molecule has 0 aliphatic heterocycles. The van der Waals surface area contributed by atoms with Crippen molar-refractivity contribution < 1.29 is 5.48 Å². The molecule has 0 atom stereocenters. The van der Waals surface area contributed by atoms with Gasteiger partial charge in [-0.05, 0) is 34.2 Å². The van der Waals surface area contributed by atoms with Crippen LogP contribution in [0.5, 0.6) is 0 Å². The summed E-state index contributed by atoms with van der Waals surface area (Å²) in [6.45, 7) is 13.8. The zero-order chi connectivity index (χ0) is 10.1. The molecule has 13 heavy (non-hydrogen) atoms. The first-order chi connectivity index (χ1) is 5.51. The Labute approximate surface area is 82.7 Å². The van der Waals surface area contributed by atoms with Gasteiger partial charge in [0, 0.05) is 19.0 Å². The first-order valence-electron chi connectivity index (χ1n) is 4.57. The van der Waals surface area contributed by atoms with E-state index in [0.29, 0.717) is 12.1 Å². The van der Waals surface area contributed by atoms with Gasteiger partial charge in [0.15, 0.2) is 0 Å². The van der Waals surface area contributed by atoms with Crippen LogP contribution in [-0.2, 0) is 0 Å². The molecule has 2 N–H and O–H groups in total. The van der Waals surface area contributed by atoms with Gasteiger partial charge in [-0.25, -0.2) is 0 Å². The van der Waals surface area contributed by atoms with Gasteiger partial charge in [-0.1, -0.05) is 6.92 Å². The van der Waals surface area contributed by atoms with Crippen molar-refractivity contribution in [2.24, 2.45) is 0 Å². The van der Waals surface area contributed by atoms with Gasteiger partial charge in [-0.15, -0.1) is 0 Å². The van der Waals surface area contributed by atoms with E-state index in [1.165, 1.54) is 6.92 Å². The molecular weight excluding hydrogens is 164 g/mol. The summed E-state index contributed by atoms with van der Waals surface area (Å²) in [5, 5.41) is 7.32. The van der Waals surface area contributed by atoms with Crippen LogP contribution >= 0.6 is 0 Å². The van der Waals surface area contributed by atoms with Gasteiger partial charge < -0.3 is 5.48 Å². The third-order valence-corrected chi connectivity index (χ3v) is 1.69. The summed E-state index contributed by atoms with van der Waals surface area (Å²) >= 11 is 0.